The van der Waals surface area contributed by atoms with Crippen LogP contribution in [0, 0.1) is 5.82 Å². The maximum absolute atomic E-state index is 13.6. The number of ether oxygens (including phenoxy) is 2. The van der Waals surface area contributed by atoms with Gasteiger partial charge in [0.2, 0.25) is 0 Å². The summed E-state index contributed by atoms with van der Waals surface area (Å²) < 4.78 is 24.0. The van der Waals surface area contributed by atoms with Crippen molar-refractivity contribution in [2.24, 2.45) is 0 Å². The molecule has 0 aromatic heterocycles. The van der Waals surface area contributed by atoms with Crippen LogP contribution in [0.3, 0.4) is 0 Å². The van der Waals surface area contributed by atoms with Gasteiger partial charge in [0.1, 0.15) is 5.54 Å². The molecule has 0 saturated carbocycles. The summed E-state index contributed by atoms with van der Waals surface area (Å²) in [6, 6.07) is 6.32. The van der Waals surface area contributed by atoms with Crippen molar-refractivity contribution in [2.45, 2.75) is 51.8 Å². The SMILES string of the molecule is COC(=O)C(C)(CC(C)Oc1ccccc1F)NC(C)C. The molecule has 1 aromatic rings. The van der Waals surface area contributed by atoms with E-state index in [1.807, 2.05) is 13.8 Å². The predicted octanol–water partition coefficient (Wildman–Crippen LogP) is 2.91. The molecule has 0 aliphatic rings. The van der Waals surface area contributed by atoms with E-state index < -0.39 is 11.4 Å². The molecule has 4 nitrogen and oxygen atoms in total. The van der Waals surface area contributed by atoms with Gasteiger partial charge in [0.05, 0.1) is 13.2 Å². The number of nitrogens with one attached hydrogen (secondary N) is 1. The number of esters is 1. The highest BCUT2D eigenvalue weighted by Gasteiger charge is 2.37. The first-order chi connectivity index (χ1) is 9.78. The van der Waals surface area contributed by atoms with Crippen LogP contribution < -0.4 is 10.1 Å². The van der Waals surface area contributed by atoms with Gasteiger partial charge < -0.3 is 9.47 Å². The minimum absolute atomic E-state index is 0.106. The van der Waals surface area contributed by atoms with Crippen LogP contribution in [0.2, 0.25) is 0 Å². The van der Waals surface area contributed by atoms with Crippen molar-refractivity contribution in [3.05, 3.63) is 30.1 Å². The molecule has 0 radical (unpaired) electrons. The van der Waals surface area contributed by atoms with Crippen molar-refractivity contribution in [1.29, 1.82) is 0 Å². The first-order valence-corrected chi connectivity index (χ1v) is 7.06. The van der Waals surface area contributed by atoms with Gasteiger partial charge in [-0.25, -0.2) is 4.39 Å². The van der Waals surface area contributed by atoms with Gasteiger partial charge in [-0.15, -0.1) is 0 Å². The quantitative estimate of drug-likeness (QED) is 0.786. The molecular formula is C16H24FNO3. The number of benzene rings is 1. The van der Waals surface area contributed by atoms with Crippen molar-refractivity contribution < 1.29 is 18.7 Å². The summed E-state index contributed by atoms with van der Waals surface area (Å²) in [5, 5.41) is 3.19. The summed E-state index contributed by atoms with van der Waals surface area (Å²) in [6.45, 7) is 7.46. The smallest absolute Gasteiger partial charge is 0.325 e. The Morgan fingerprint density at radius 3 is 2.48 bits per heavy atom. The second-order valence-corrected chi connectivity index (χ2v) is 5.69. The molecule has 0 heterocycles. The van der Waals surface area contributed by atoms with Gasteiger partial charge in [-0.2, -0.15) is 0 Å². The number of hydrogen-bond donors (Lipinski definition) is 1. The predicted molar refractivity (Wildman–Crippen MR) is 79.8 cm³/mol. The summed E-state index contributed by atoms with van der Waals surface area (Å²) in [4.78, 5) is 12.0. The van der Waals surface area contributed by atoms with Gasteiger partial charge >= 0.3 is 5.97 Å². The highest BCUT2D eigenvalue weighted by molar-refractivity contribution is 5.80. The van der Waals surface area contributed by atoms with E-state index in [1.165, 1.54) is 13.2 Å². The van der Waals surface area contributed by atoms with Gasteiger partial charge in [0, 0.05) is 12.5 Å². The Morgan fingerprint density at radius 2 is 1.95 bits per heavy atom. The Kier molecular flexibility index (Phi) is 6.15. The molecule has 1 N–H and O–H groups in total. The van der Waals surface area contributed by atoms with Crippen LogP contribution in [0.1, 0.15) is 34.1 Å². The molecule has 0 fully saturated rings. The minimum atomic E-state index is -0.881. The molecule has 1 aromatic carbocycles. The number of hydrogen-bond acceptors (Lipinski definition) is 4. The third-order valence-corrected chi connectivity index (χ3v) is 3.10. The van der Waals surface area contributed by atoms with E-state index in [0.717, 1.165) is 0 Å². The maximum atomic E-state index is 13.6. The fourth-order valence-electron chi connectivity index (χ4n) is 2.44. The molecule has 0 spiro atoms. The molecule has 0 aliphatic heterocycles. The zero-order valence-corrected chi connectivity index (χ0v) is 13.3. The van der Waals surface area contributed by atoms with Crippen LogP contribution in [-0.2, 0) is 9.53 Å². The van der Waals surface area contributed by atoms with Gasteiger partial charge in [-0.05, 0) is 39.8 Å². The van der Waals surface area contributed by atoms with Gasteiger partial charge in [0.25, 0.3) is 0 Å². The molecule has 1 rings (SSSR count). The summed E-state index contributed by atoms with van der Waals surface area (Å²) in [6.07, 6.45) is 0.0175. The van der Waals surface area contributed by atoms with Crippen molar-refractivity contribution in [2.75, 3.05) is 7.11 Å². The average Bonchev–Trinajstić information content (AvgIpc) is 2.39. The first-order valence-electron chi connectivity index (χ1n) is 7.06. The Balaban J connectivity index is 2.79. The fourth-order valence-corrected chi connectivity index (χ4v) is 2.44. The Hall–Kier alpha value is -1.62. The molecule has 0 aliphatic carbocycles. The third kappa shape index (κ3) is 5.01. The van der Waals surface area contributed by atoms with Crippen LogP contribution in [0.4, 0.5) is 4.39 Å². The average molecular weight is 297 g/mol. The Labute approximate surface area is 125 Å². The standard InChI is InChI=1S/C16H24FNO3/c1-11(2)18-16(4,15(19)20-5)10-12(3)21-14-9-7-6-8-13(14)17/h6-9,11-12,18H,10H2,1-5H3. The van der Waals surface area contributed by atoms with Crippen molar-refractivity contribution in [3.8, 4) is 5.75 Å². The van der Waals surface area contributed by atoms with Gasteiger partial charge in [-0.1, -0.05) is 12.1 Å². The number of carbonyl (C=O) groups is 1. The van der Waals surface area contributed by atoms with E-state index in [0.29, 0.717) is 6.42 Å². The van der Waals surface area contributed by atoms with E-state index in [9.17, 15) is 9.18 Å². The van der Waals surface area contributed by atoms with E-state index in [4.69, 9.17) is 9.47 Å². The zero-order valence-electron chi connectivity index (χ0n) is 13.3. The lowest BCUT2D eigenvalue weighted by atomic mass is 9.93. The Morgan fingerprint density at radius 1 is 1.33 bits per heavy atom. The summed E-state index contributed by atoms with van der Waals surface area (Å²) in [7, 11) is 1.35. The van der Waals surface area contributed by atoms with Gasteiger partial charge in [0.15, 0.2) is 11.6 Å². The molecule has 0 amide bonds. The van der Waals surface area contributed by atoms with E-state index in [2.05, 4.69) is 5.32 Å². The molecular weight excluding hydrogens is 273 g/mol. The zero-order chi connectivity index (χ0) is 16.0. The summed E-state index contributed by atoms with van der Waals surface area (Å²) in [5.41, 5.74) is -0.881. The molecule has 2 unspecified atom stereocenters. The molecule has 21 heavy (non-hydrogen) atoms. The lowest BCUT2D eigenvalue weighted by molar-refractivity contribution is -0.149. The van der Waals surface area contributed by atoms with Crippen LogP contribution in [0.25, 0.3) is 0 Å². The van der Waals surface area contributed by atoms with Crippen LogP contribution >= 0.6 is 0 Å². The van der Waals surface area contributed by atoms with Crippen molar-refractivity contribution in [3.63, 3.8) is 0 Å². The lowest BCUT2D eigenvalue weighted by Gasteiger charge is -2.32. The lowest BCUT2D eigenvalue weighted by Crippen LogP contribution is -2.54. The first kappa shape index (κ1) is 17.4. The van der Waals surface area contributed by atoms with E-state index in [-0.39, 0.29) is 23.9 Å². The number of carbonyl (C=O) groups excluding carboxylic acids is 1. The van der Waals surface area contributed by atoms with Crippen LogP contribution in [0.15, 0.2) is 24.3 Å². The monoisotopic (exact) mass is 297 g/mol. The number of para-hydroxylation sites is 1. The second kappa shape index (κ2) is 7.41. The molecule has 0 saturated heterocycles. The number of methoxy groups -OCH3 is 1. The molecule has 0 bridgehead atoms. The highest BCUT2D eigenvalue weighted by Crippen LogP contribution is 2.22. The summed E-state index contributed by atoms with van der Waals surface area (Å²) in [5.74, 6) is -0.595. The molecule has 118 valence electrons. The largest absolute Gasteiger partial charge is 0.488 e. The normalized spacial score (nSPS) is 15.4. The van der Waals surface area contributed by atoms with Crippen molar-refractivity contribution in [1.82, 2.24) is 5.32 Å². The number of halogens is 1. The molecule has 2 atom stereocenters. The number of rotatable bonds is 7. The Bertz CT molecular complexity index is 478. The maximum Gasteiger partial charge on any atom is 0.325 e. The van der Waals surface area contributed by atoms with Crippen LogP contribution in [0.5, 0.6) is 5.75 Å². The van der Waals surface area contributed by atoms with Gasteiger partial charge in [-0.3, -0.25) is 10.1 Å². The highest BCUT2D eigenvalue weighted by atomic mass is 19.1. The molecule has 5 heteroatoms. The van der Waals surface area contributed by atoms with Crippen LogP contribution in [-0.4, -0.2) is 30.8 Å². The van der Waals surface area contributed by atoms with E-state index in [1.54, 1.807) is 32.0 Å². The van der Waals surface area contributed by atoms with Crippen molar-refractivity contribution >= 4 is 5.97 Å². The second-order valence-electron chi connectivity index (χ2n) is 5.69. The minimum Gasteiger partial charge on any atom is -0.488 e. The topological polar surface area (TPSA) is 47.6 Å². The third-order valence-electron chi connectivity index (χ3n) is 3.10. The summed E-state index contributed by atoms with van der Waals surface area (Å²) >= 11 is 0. The van der Waals surface area contributed by atoms with E-state index >= 15 is 0 Å². The fraction of sp³-hybridized carbons (Fsp3) is 0.562.